The van der Waals surface area contributed by atoms with Crippen LogP contribution in [0.2, 0.25) is 0 Å². The molecule has 22 heavy (non-hydrogen) atoms. The molecule has 1 aromatic heterocycles. The number of fused-ring (bicyclic) bond motifs is 1. The first-order chi connectivity index (χ1) is 10.6. The zero-order valence-corrected chi connectivity index (χ0v) is 14.5. The number of nitrogens with zero attached hydrogens (tertiary/aromatic N) is 2. The Morgan fingerprint density at radius 2 is 2.14 bits per heavy atom. The number of likely N-dealkylation sites (N-methyl/N-ethyl adjacent to an activating group) is 1. The molecule has 0 saturated carbocycles. The molecule has 120 valence electrons. The van der Waals surface area contributed by atoms with Crippen LogP contribution in [-0.4, -0.2) is 42.8 Å². The fraction of sp³-hybridized carbons (Fsp3) is 0.412. The van der Waals surface area contributed by atoms with E-state index in [0.717, 1.165) is 25.4 Å². The van der Waals surface area contributed by atoms with Gasteiger partial charge in [-0.3, -0.25) is 5.32 Å². The van der Waals surface area contributed by atoms with E-state index in [-0.39, 0.29) is 0 Å². The molecule has 5 heteroatoms. The summed E-state index contributed by atoms with van der Waals surface area (Å²) < 4.78 is 2.30. The zero-order chi connectivity index (χ0) is 15.9. The molecule has 0 amide bonds. The van der Waals surface area contributed by atoms with Gasteiger partial charge in [0.05, 0.1) is 6.67 Å². The molecule has 0 bridgehead atoms. The van der Waals surface area contributed by atoms with Gasteiger partial charge >= 0.3 is 0 Å². The third kappa shape index (κ3) is 4.80. The molecule has 2 aromatic rings. The van der Waals surface area contributed by atoms with Gasteiger partial charge in [0.15, 0.2) is 0 Å². The fourth-order valence-electron chi connectivity index (χ4n) is 2.32. The van der Waals surface area contributed by atoms with E-state index in [1.807, 2.05) is 6.08 Å². The van der Waals surface area contributed by atoms with E-state index in [2.05, 4.69) is 84.2 Å². The number of nitrogens with one attached hydrogen (secondary N) is 2. The summed E-state index contributed by atoms with van der Waals surface area (Å²) in [5.41, 5.74) is 2.42. The second-order valence-electron chi connectivity index (χ2n) is 5.77. The molecule has 2 rings (SSSR count). The minimum Gasteiger partial charge on any atom is -0.372 e. The van der Waals surface area contributed by atoms with Crippen molar-refractivity contribution in [3.8, 4) is 0 Å². The maximum atomic E-state index is 4.08. The highest BCUT2D eigenvalue weighted by Gasteiger charge is 2.03. The van der Waals surface area contributed by atoms with Gasteiger partial charge in [0.1, 0.15) is 0 Å². The molecule has 4 nitrogen and oxygen atoms in total. The molecule has 1 heterocycles. The monoisotopic (exact) mass is 318 g/mol. The molecule has 0 aliphatic rings. The number of hydrogen-bond acceptors (Lipinski definition) is 4. The molecule has 0 aliphatic heterocycles. The Morgan fingerprint density at radius 3 is 2.86 bits per heavy atom. The van der Waals surface area contributed by atoms with Gasteiger partial charge in [-0.25, -0.2) is 0 Å². The Bertz CT molecular complexity index is 618. The minimum absolute atomic E-state index is 0.306. The Hall–Kier alpha value is -1.43. The van der Waals surface area contributed by atoms with E-state index in [1.54, 1.807) is 5.41 Å². The van der Waals surface area contributed by atoms with Gasteiger partial charge in [0.2, 0.25) is 0 Å². The average Bonchev–Trinajstić information content (AvgIpc) is 2.88. The Kier molecular flexibility index (Phi) is 6.36. The molecule has 1 aromatic carbocycles. The molecule has 0 aliphatic carbocycles. The van der Waals surface area contributed by atoms with Crippen LogP contribution in [0.5, 0.6) is 0 Å². The smallest absolute Gasteiger partial charge is 0.0657 e. The van der Waals surface area contributed by atoms with Crippen molar-refractivity contribution in [2.45, 2.75) is 19.5 Å². The predicted octanol–water partition coefficient (Wildman–Crippen LogP) is 2.99. The number of rotatable bonds is 8. The number of benzene rings is 1. The first kappa shape index (κ1) is 16.9. The topological polar surface area (TPSA) is 32.2 Å². The molecule has 0 spiro atoms. The van der Waals surface area contributed by atoms with Gasteiger partial charge in [0.25, 0.3) is 0 Å². The average molecular weight is 318 g/mol. The normalized spacial score (nSPS) is 13.3. The van der Waals surface area contributed by atoms with Crippen LogP contribution >= 0.6 is 12.6 Å². The van der Waals surface area contributed by atoms with Crippen molar-refractivity contribution in [2.24, 2.45) is 0 Å². The van der Waals surface area contributed by atoms with E-state index in [0.29, 0.717) is 6.04 Å². The van der Waals surface area contributed by atoms with Crippen molar-refractivity contribution < 1.29 is 0 Å². The Morgan fingerprint density at radius 1 is 1.32 bits per heavy atom. The van der Waals surface area contributed by atoms with E-state index in [1.165, 1.54) is 10.9 Å². The van der Waals surface area contributed by atoms with Gasteiger partial charge in [-0.1, -0.05) is 6.08 Å². The zero-order valence-electron chi connectivity index (χ0n) is 13.6. The van der Waals surface area contributed by atoms with E-state index in [9.17, 15) is 0 Å². The summed E-state index contributed by atoms with van der Waals surface area (Å²) in [6.07, 6.45) is 4.18. The summed E-state index contributed by atoms with van der Waals surface area (Å²) >= 11 is 4.08. The molecule has 1 atom stereocenters. The SMILES string of the molecule is CC(/C=C\S)NCNc1ccc2c(ccn2CCN(C)C)c1. The number of anilines is 1. The number of thiol groups is 1. The van der Waals surface area contributed by atoms with Crippen molar-refractivity contribution >= 4 is 29.2 Å². The summed E-state index contributed by atoms with van der Waals surface area (Å²) in [4.78, 5) is 2.20. The molecular formula is C17H26N4S. The van der Waals surface area contributed by atoms with Crippen molar-refractivity contribution in [3.63, 3.8) is 0 Å². The first-order valence-corrected chi connectivity index (χ1v) is 8.13. The lowest BCUT2D eigenvalue weighted by Gasteiger charge is -2.13. The van der Waals surface area contributed by atoms with Gasteiger partial charge in [-0.2, -0.15) is 12.6 Å². The van der Waals surface area contributed by atoms with Crippen LogP contribution in [-0.2, 0) is 6.54 Å². The van der Waals surface area contributed by atoms with Crippen LogP contribution in [0.1, 0.15) is 6.92 Å². The summed E-state index contributed by atoms with van der Waals surface area (Å²) in [5, 5.41) is 9.79. The lowest BCUT2D eigenvalue weighted by atomic mass is 10.2. The van der Waals surface area contributed by atoms with Gasteiger partial charge < -0.3 is 14.8 Å². The summed E-state index contributed by atoms with van der Waals surface area (Å²) in [6, 6.07) is 9.00. The Balaban J connectivity index is 1.96. The summed E-state index contributed by atoms with van der Waals surface area (Å²) in [6.45, 7) is 4.89. The molecule has 1 unspecified atom stereocenters. The Labute approximate surface area is 138 Å². The highest BCUT2D eigenvalue weighted by atomic mass is 32.1. The van der Waals surface area contributed by atoms with Crippen molar-refractivity contribution in [1.29, 1.82) is 0 Å². The minimum atomic E-state index is 0.306. The van der Waals surface area contributed by atoms with Crippen LogP contribution in [0.3, 0.4) is 0 Å². The fourth-order valence-corrected chi connectivity index (χ4v) is 2.58. The van der Waals surface area contributed by atoms with Crippen molar-refractivity contribution in [3.05, 3.63) is 41.9 Å². The lowest BCUT2D eigenvalue weighted by Crippen LogP contribution is -2.29. The van der Waals surface area contributed by atoms with Gasteiger partial charge in [-0.15, -0.1) is 0 Å². The number of hydrogen-bond donors (Lipinski definition) is 3. The van der Waals surface area contributed by atoms with Crippen LogP contribution in [0.15, 0.2) is 41.9 Å². The second-order valence-corrected chi connectivity index (χ2v) is 6.07. The molecule has 0 radical (unpaired) electrons. The maximum Gasteiger partial charge on any atom is 0.0657 e. The van der Waals surface area contributed by atoms with E-state index >= 15 is 0 Å². The second kappa shape index (κ2) is 8.27. The summed E-state index contributed by atoms with van der Waals surface area (Å²) in [5.74, 6) is 0. The van der Waals surface area contributed by atoms with E-state index < -0.39 is 0 Å². The third-order valence-corrected chi connectivity index (χ3v) is 3.82. The largest absolute Gasteiger partial charge is 0.372 e. The predicted molar refractivity (Wildman–Crippen MR) is 99.7 cm³/mol. The molecule has 0 fully saturated rings. The highest BCUT2D eigenvalue weighted by Crippen LogP contribution is 2.20. The van der Waals surface area contributed by atoms with Crippen LogP contribution in [0.25, 0.3) is 10.9 Å². The van der Waals surface area contributed by atoms with Gasteiger partial charge in [-0.05, 0) is 50.7 Å². The van der Waals surface area contributed by atoms with Gasteiger partial charge in [0, 0.05) is 41.9 Å². The molecular weight excluding hydrogens is 292 g/mol. The maximum absolute atomic E-state index is 4.08. The van der Waals surface area contributed by atoms with Crippen LogP contribution in [0, 0.1) is 0 Å². The lowest BCUT2D eigenvalue weighted by molar-refractivity contribution is 0.387. The van der Waals surface area contributed by atoms with E-state index in [4.69, 9.17) is 0 Å². The summed E-state index contributed by atoms with van der Waals surface area (Å²) in [7, 11) is 4.20. The standard InChI is InChI=1S/C17H26N4S/c1-14(7-11-22)18-13-19-16-4-5-17-15(12-16)6-8-21(17)10-9-20(2)3/h4-8,11-12,14,18-19,22H,9-10,13H2,1-3H3/b11-7-. The molecule has 2 N–H and O–H groups in total. The van der Waals surface area contributed by atoms with Crippen LogP contribution < -0.4 is 10.6 Å². The molecule has 0 saturated heterocycles. The highest BCUT2D eigenvalue weighted by molar-refractivity contribution is 7.83. The quantitative estimate of drug-likeness (QED) is 0.517. The first-order valence-electron chi connectivity index (χ1n) is 7.62. The van der Waals surface area contributed by atoms with Crippen molar-refractivity contribution in [2.75, 3.05) is 32.6 Å². The third-order valence-electron chi connectivity index (χ3n) is 3.65. The number of aromatic nitrogens is 1. The van der Waals surface area contributed by atoms with Crippen molar-refractivity contribution in [1.82, 2.24) is 14.8 Å². The van der Waals surface area contributed by atoms with Crippen LogP contribution in [0.4, 0.5) is 5.69 Å².